The summed E-state index contributed by atoms with van der Waals surface area (Å²) < 4.78 is 17.1. The van der Waals surface area contributed by atoms with Crippen molar-refractivity contribution < 1.29 is 19.0 Å². The van der Waals surface area contributed by atoms with Gasteiger partial charge in [-0.1, -0.05) is 0 Å². The minimum absolute atomic E-state index is 0.430. The van der Waals surface area contributed by atoms with Crippen molar-refractivity contribution in [2.45, 2.75) is 31.2 Å². The summed E-state index contributed by atoms with van der Waals surface area (Å²) in [6, 6.07) is 0. The maximum absolute atomic E-state index is 10.8. The zero-order chi connectivity index (χ0) is 13.7. The lowest BCUT2D eigenvalue weighted by Crippen LogP contribution is -2.09. The molecule has 1 aromatic carbocycles. The van der Waals surface area contributed by atoms with Crippen molar-refractivity contribution in [2.24, 2.45) is 4.99 Å². The molecule has 5 nitrogen and oxygen atoms in total. The Bertz CT molecular complexity index is 607. The molecule has 20 heavy (non-hydrogen) atoms. The van der Waals surface area contributed by atoms with Gasteiger partial charge in [0.2, 0.25) is 6.08 Å². The number of isocyanates is 1. The highest BCUT2D eigenvalue weighted by molar-refractivity contribution is 5.68. The Morgan fingerprint density at radius 1 is 1.15 bits per heavy atom. The summed E-state index contributed by atoms with van der Waals surface area (Å²) in [4.78, 5) is 14.8. The SMILES string of the molecule is COc1c2c(c(C3(N=C=O)CC3)c3c1OCC3)OCC2. The smallest absolute Gasteiger partial charge is 0.235 e. The van der Waals surface area contributed by atoms with Crippen LogP contribution >= 0.6 is 0 Å². The number of benzene rings is 1. The van der Waals surface area contributed by atoms with Crippen LogP contribution in [-0.4, -0.2) is 26.4 Å². The molecule has 0 spiro atoms. The van der Waals surface area contributed by atoms with Crippen molar-refractivity contribution in [3.05, 3.63) is 16.7 Å². The second-order valence-corrected chi connectivity index (χ2v) is 5.46. The van der Waals surface area contributed by atoms with E-state index in [1.165, 1.54) is 0 Å². The molecular formula is C15H15NO4. The first-order valence-corrected chi connectivity index (χ1v) is 6.91. The molecule has 0 atom stereocenters. The first-order valence-electron chi connectivity index (χ1n) is 6.91. The van der Waals surface area contributed by atoms with Gasteiger partial charge in [0.1, 0.15) is 11.3 Å². The molecule has 0 N–H and O–H groups in total. The molecule has 0 aromatic heterocycles. The van der Waals surface area contributed by atoms with Crippen molar-refractivity contribution in [1.82, 2.24) is 0 Å². The van der Waals surface area contributed by atoms with E-state index in [0.29, 0.717) is 13.2 Å². The normalized spacial score (nSPS) is 20.2. The Balaban J connectivity index is 2.02. The lowest BCUT2D eigenvalue weighted by molar-refractivity contribution is 0.324. The van der Waals surface area contributed by atoms with Crippen molar-refractivity contribution in [3.8, 4) is 17.2 Å². The fraction of sp³-hybridized carbons (Fsp3) is 0.533. The fourth-order valence-corrected chi connectivity index (χ4v) is 3.40. The maximum atomic E-state index is 10.8. The second kappa shape index (κ2) is 4.00. The molecule has 0 radical (unpaired) electrons. The van der Waals surface area contributed by atoms with Crippen molar-refractivity contribution in [1.29, 1.82) is 0 Å². The summed E-state index contributed by atoms with van der Waals surface area (Å²) in [6.07, 6.45) is 5.09. The van der Waals surface area contributed by atoms with E-state index in [9.17, 15) is 4.79 Å². The molecule has 104 valence electrons. The monoisotopic (exact) mass is 273 g/mol. The number of hydrogen-bond donors (Lipinski definition) is 0. The van der Waals surface area contributed by atoms with Gasteiger partial charge in [-0.2, -0.15) is 4.99 Å². The molecule has 0 saturated heterocycles. The molecule has 1 aliphatic carbocycles. The van der Waals surface area contributed by atoms with Crippen LogP contribution in [0.2, 0.25) is 0 Å². The van der Waals surface area contributed by atoms with E-state index in [-0.39, 0.29) is 0 Å². The van der Waals surface area contributed by atoms with Crippen LogP contribution in [0, 0.1) is 0 Å². The average molecular weight is 273 g/mol. The summed E-state index contributed by atoms with van der Waals surface area (Å²) in [6.45, 7) is 1.28. The van der Waals surface area contributed by atoms with E-state index in [2.05, 4.69) is 4.99 Å². The van der Waals surface area contributed by atoms with Crippen LogP contribution in [0.4, 0.5) is 0 Å². The Morgan fingerprint density at radius 2 is 1.85 bits per heavy atom. The van der Waals surface area contributed by atoms with Gasteiger partial charge in [-0.25, -0.2) is 4.79 Å². The molecule has 4 rings (SSSR count). The first-order chi connectivity index (χ1) is 9.80. The highest BCUT2D eigenvalue weighted by Crippen LogP contribution is 2.60. The van der Waals surface area contributed by atoms with Crippen LogP contribution in [0.15, 0.2) is 4.99 Å². The minimum Gasteiger partial charge on any atom is -0.492 e. The molecule has 5 heteroatoms. The molecule has 3 aliphatic rings. The van der Waals surface area contributed by atoms with Gasteiger partial charge >= 0.3 is 0 Å². The summed E-state index contributed by atoms with van der Waals surface area (Å²) in [5, 5.41) is 0. The Morgan fingerprint density at radius 3 is 2.50 bits per heavy atom. The van der Waals surface area contributed by atoms with E-state index in [0.717, 1.165) is 59.6 Å². The van der Waals surface area contributed by atoms with Crippen LogP contribution in [0.1, 0.15) is 29.5 Å². The van der Waals surface area contributed by atoms with Gasteiger partial charge in [-0.15, -0.1) is 0 Å². The van der Waals surface area contributed by atoms with Gasteiger partial charge in [0.15, 0.2) is 11.5 Å². The van der Waals surface area contributed by atoms with Gasteiger partial charge < -0.3 is 14.2 Å². The topological polar surface area (TPSA) is 57.1 Å². The number of nitrogens with zero attached hydrogens (tertiary/aromatic N) is 1. The summed E-state index contributed by atoms with van der Waals surface area (Å²) in [5.74, 6) is 2.47. The summed E-state index contributed by atoms with van der Waals surface area (Å²) in [5.41, 5.74) is 2.76. The zero-order valence-electron chi connectivity index (χ0n) is 11.3. The van der Waals surface area contributed by atoms with E-state index in [1.807, 2.05) is 0 Å². The lowest BCUT2D eigenvalue weighted by atomic mass is 9.92. The molecule has 2 aliphatic heterocycles. The molecular weight excluding hydrogens is 258 g/mol. The van der Waals surface area contributed by atoms with Gasteiger partial charge in [-0.3, -0.25) is 0 Å². The Kier molecular flexibility index (Phi) is 2.36. The standard InChI is InChI=1S/C15H15NO4/c1-18-13-10-3-7-19-12(10)11(9-2-6-20-14(9)13)15(4-5-15)16-8-17/h2-7H2,1H3. The molecule has 1 aromatic rings. The number of ether oxygens (including phenoxy) is 3. The molecule has 1 saturated carbocycles. The minimum atomic E-state index is -0.430. The third-order valence-electron chi connectivity index (χ3n) is 4.41. The molecule has 0 amide bonds. The number of aliphatic imine (C=N–C) groups is 1. The van der Waals surface area contributed by atoms with Crippen molar-refractivity contribution >= 4 is 6.08 Å². The number of rotatable bonds is 3. The molecule has 0 unspecified atom stereocenters. The van der Waals surface area contributed by atoms with Crippen molar-refractivity contribution in [3.63, 3.8) is 0 Å². The fourth-order valence-electron chi connectivity index (χ4n) is 3.40. The number of fused-ring (bicyclic) bond motifs is 2. The largest absolute Gasteiger partial charge is 0.492 e. The van der Waals surface area contributed by atoms with Crippen LogP contribution < -0.4 is 14.2 Å². The van der Waals surface area contributed by atoms with Crippen molar-refractivity contribution in [2.75, 3.05) is 20.3 Å². The third-order valence-corrected chi connectivity index (χ3v) is 4.41. The van der Waals surface area contributed by atoms with Gasteiger partial charge in [-0.05, 0) is 12.8 Å². The Labute approximate surface area is 116 Å². The number of hydrogen-bond acceptors (Lipinski definition) is 5. The van der Waals surface area contributed by atoms with E-state index in [4.69, 9.17) is 14.2 Å². The lowest BCUT2D eigenvalue weighted by Gasteiger charge is -2.19. The number of carbonyl (C=O) groups excluding carboxylic acids is 1. The summed E-state index contributed by atoms with van der Waals surface area (Å²) in [7, 11) is 1.66. The van der Waals surface area contributed by atoms with E-state index in [1.54, 1.807) is 13.2 Å². The van der Waals surface area contributed by atoms with Crippen LogP contribution in [0.3, 0.4) is 0 Å². The molecule has 0 bridgehead atoms. The quantitative estimate of drug-likeness (QED) is 0.623. The van der Waals surface area contributed by atoms with Crippen LogP contribution in [0.5, 0.6) is 17.2 Å². The predicted molar refractivity (Wildman–Crippen MR) is 70.4 cm³/mol. The highest BCUT2D eigenvalue weighted by atomic mass is 16.5. The summed E-state index contributed by atoms with van der Waals surface area (Å²) >= 11 is 0. The van der Waals surface area contributed by atoms with E-state index < -0.39 is 5.54 Å². The maximum Gasteiger partial charge on any atom is 0.235 e. The van der Waals surface area contributed by atoms with Gasteiger partial charge in [0.05, 0.1) is 20.3 Å². The highest BCUT2D eigenvalue weighted by Gasteiger charge is 2.51. The predicted octanol–water partition coefficient (Wildman–Crippen LogP) is 1.89. The average Bonchev–Trinajstić information content (AvgIpc) is 2.89. The van der Waals surface area contributed by atoms with Gasteiger partial charge in [0.25, 0.3) is 0 Å². The van der Waals surface area contributed by atoms with Crippen LogP contribution in [-0.2, 0) is 23.2 Å². The Hall–Kier alpha value is -2.00. The van der Waals surface area contributed by atoms with E-state index >= 15 is 0 Å². The van der Waals surface area contributed by atoms with Gasteiger partial charge in [0, 0.05) is 29.5 Å². The second-order valence-electron chi connectivity index (χ2n) is 5.46. The third kappa shape index (κ3) is 1.38. The first kappa shape index (κ1) is 11.8. The van der Waals surface area contributed by atoms with Crippen LogP contribution in [0.25, 0.3) is 0 Å². The zero-order valence-corrected chi connectivity index (χ0v) is 11.3. The molecule has 2 heterocycles. The molecule has 1 fully saturated rings. The number of methoxy groups -OCH3 is 1.